The molecule has 0 aromatic heterocycles. The summed E-state index contributed by atoms with van der Waals surface area (Å²) in [6, 6.07) is -1.12. The smallest absolute Gasteiger partial charge is 0.394 e. The van der Waals surface area contributed by atoms with Gasteiger partial charge in [-0.05, 0) is 38.5 Å². The van der Waals surface area contributed by atoms with Gasteiger partial charge in [0.1, 0.15) is 30.5 Å². The van der Waals surface area contributed by atoms with Gasteiger partial charge in [0.2, 0.25) is 5.91 Å². The van der Waals surface area contributed by atoms with Gasteiger partial charge in [-0.3, -0.25) is 9.35 Å². The molecule has 0 radical (unpaired) electrons. The predicted molar refractivity (Wildman–Crippen MR) is 177 cm³/mol. The first kappa shape index (κ1) is 43.3. The Bertz CT molecular complexity index is 1020. The normalized spacial score (nSPS) is 24.3. The first-order chi connectivity index (χ1) is 22.4. The Morgan fingerprint density at radius 3 is 2.09 bits per heavy atom. The summed E-state index contributed by atoms with van der Waals surface area (Å²) >= 11 is 0. The molecule has 0 saturated carbocycles. The van der Waals surface area contributed by atoms with Gasteiger partial charge in [-0.15, -0.1) is 0 Å². The van der Waals surface area contributed by atoms with E-state index in [-0.39, 0.29) is 6.42 Å². The highest BCUT2D eigenvalue weighted by Gasteiger charge is 2.48. The van der Waals surface area contributed by atoms with Crippen LogP contribution in [-0.4, -0.2) is 107 Å². The van der Waals surface area contributed by atoms with Gasteiger partial charge in [0.25, 0.3) is 0 Å². The van der Waals surface area contributed by atoms with Crippen molar-refractivity contribution in [2.45, 2.75) is 153 Å². The summed E-state index contributed by atoms with van der Waals surface area (Å²) in [4.78, 5) is 12.8. The third-order valence-corrected chi connectivity index (χ3v) is 8.27. The summed E-state index contributed by atoms with van der Waals surface area (Å²) in [6.45, 7) is 2.93. The number of ether oxygens (including phenoxy) is 2. The van der Waals surface area contributed by atoms with Crippen LogP contribution in [0.2, 0.25) is 0 Å². The molecule has 1 saturated heterocycles. The molecule has 274 valence electrons. The Balaban J connectivity index is 2.63. The van der Waals surface area contributed by atoms with E-state index in [0.717, 1.165) is 51.4 Å². The van der Waals surface area contributed by atoms with Crippen molar-refractivity contribution >= 4 is 16.3 Å². The second kappa shape index (κ2) is 25.3. The predicted octanol–water partition coefficient (Wildman–Crippen LogP) is 3.01. The number of aliphatic hydroxyl groups is 5. The Hall–Kier alpha value is -1.72. The summed E-state index contributed by atoms with van der Waals surface area (Å²) in [5, 5.41) is 54.2. The SMILES string of the molecule is CCCC/C=C/C(O)C(COC1OC(CO)C(O)C(OS(=O)(=O)O)C1O)NC(=O)C(O)CCCCCCC/C=C\C=C/CCCCC. The number of hydrogen-bond donors (Lipinski definition) is 7. The number of carbonyl (C=O) groups is 1. The van der Waals surface area contributed by atoms with Gasteiger partial charge >= 0.3 is 10.4 Å². The molecule has 8 unspecified atom stereocenters. The molecule has 0 aliphatic carbocycles. The first-order valence-corrected chi connectivity index (χ1v) is 18.4. The number of aliphatic hydroxyl groups excluding tert-OH is 5. The lowest BCUT2D eigenvalue weighted by molar-refractivity contribution is -0.298. The fourth-order valence-corrected chi connectivity index (χ4v) is 5.47. The van der Waals surface area contributed by atoms with Crippen LogP contribution in [0.15, 0.2) is 36.5 Å². The number of carbonyl (C=O) groups excluding carboxylic acids is 1. The molecular formula is C33H59NO12S. The minimum Gasteiger partial charge on any atom is -0.394 e. The van der Waals surface area contributed by atoms with Crippen LogP contribution in [0.5, 0.6) is 0 Å². The van der Waals surface area contributed by atoms with E-state index in [1.165, 1.54) is 25.3 Å². The van der Waals surface area contributed by atoms with Crippen LogP contribution in [0.1, 0.15) is 104 Å². The topological polar surface area (TPSA) is 212 Å². The van der Waals surface area contributed by atoms with Crippen molar-refractivity contribution in [1.82, 2.24) is 5.32 Å². The van der Waals surface area contributed by atoms with Gasteiger partial charge in [-0.25, -0.2) is 4.18 Å². The van der Waals surface area contributed by atoms with Gasteiger partial charge in [-0.1, -0.05) is 102 Å². The minimum absolute atomic E-state index is 0.222. The van der Waals surface area contributed by atoms with Crippen LogP contribution in [-0.2, 0) is 28.9 Å². The molecule has 0 aromatic carbocycles. The largest absolute Gasteiger partial charge is 0.397 e. The molecule has 1 amide bonds. The Labute approximate surface area is 280 Å². The molecule has 0 aromatic rings. The van der Waals surface area contributed by atoms with Crippen molar-refractivity contribution in [3.05, 3.63) is 36.5 Å². The van der Waals surface area contributed by atoms with E-state index in [0.29, 0.717) is 12.8 Å². The number of amides is 1. The summed E-state index contributed by atoms with van der Waals surface area (Å²) in [6.07, 6.45) is 13.4. The van der Waals surface area contributed by atoms with E-state index < -0.39 is 78.5 Å². The molecule has 1 heterocycles. The highest BCUT2D eigenvalue weighted by molar-refractivity contribution is 7.80. The molecule has 1 rings (SSSR count). The van der Waals surface area contributed by atoms with Crippen molar-refractivity contribution in [2.75, 3.05) is 13.2 Å². The van der Waals surface area contributed by atoms with Crippen molar-refractivity contribution in [3.8, 4) is 0 Å². The average Bonchev–Trinajstić information content (AvgIpc) is 3.03. The maximum Gasteiger partial charge on any atom is 0.397 e. The lowest BCUT2D eigenvalue weighted by Gasteiger charge is -2.41. The average molecular weight is 694 g/mol. The Morgan fingerprint density at radius 1 is 0.872 bits per heavy atom. The van der Waals surface area contributed by atoms with Gasteiger partial charge in [-0.2, -0.15) is 8.42 Å². The van der Waals surface area contributed by atoms with Crippen molar-refractivity contribution in [2.24, 2.45) is 0 Å². The summed E-state index contributed by atoms with van der Waals surface area (Å²) in [5.74, 6) is -0.728. The quantitative estimate of drug-likeness (QED) is 0.0302. The minimum atomic E-state index is -5.10. The van der Waals surface area contributed by atoms with Gasteiger partial charge in [0.05, 0.1) is 25.4 Å². The van der Waals surface area contributed by atoms with E-state index >= 15 is 0 Å². The van der Waals surface area contributed by atoms with Crippen LogP contribution in [0.25, 0.3) is 0 Å². The number of rotatable bonds is 26. The van der Waals surface area contributed by atoms with Crippen LogP contribution >= 0.6 is 0 Å². The lowest BCUT2D eigenvalue weighted by Crippen LogP contribution is -2.61. The van der Waals surface area contributed by atoms with E-state index in [2.05, 4.69) is 40.7 Å². The molecule has 1 aliphatic heterocycles. The number of allylic oxidation sites excluding steroid dienone is 5. The molecule has 1 aliphatic rings. The zero-order valence-electron chi connectivity index (χ0n) is 27.9. The molecular weight excluding hydrogens is 634 g/mol. The van der Waals surface area contributed by atoms with Crippen LogP contribution in [0.4, 0.5) is 0 Å². The molecule has 8 atom stereocenters. The highest BCUT2D eigenvalue weighted by atomic mass is 32.3. The van der Waals surface area contributed by atoms with Crippen LogP contribution in [0, 0.1) is 0 Å². The van der Waals surface area contributed by atoms with Crippen molar-refractivity contribution in [1.29, 1.82) is 0 Å². The molecule has 14 heteroatoms. The maximum atomic E-state index is 12.8. The highest BCUT2D eigenvalue weighted by Crippen LogP contribution is 2.26. The molecule has 7 N–H and O–H groups in total. The van der Waals surface area contributed by atoms with E-state index in [1.54, 1.807) is 6.08 Å². The number of unbranched alkanes of at least 4 members (excludes halogenated alkanes) is 10. The summed E-state index contributed by atoms with van der Waals surface area (Å²) in [5.41, 5.74) is 0. The van der Waals surface area contributed by atoms with E-state index in [9.17, 15) is 38.7 Å². The summed E-state index contributed by atoms with van der Waals surface area (Å²) in [7, 11) is -5.10. The van der Waals surface area contributed by atoms with Crippen LogP contribution < -0.4 is 5.32 Å². The molecule has 13 nitrogen and oxygen atoms in total. The molecule has 0 bridgehead atoms. The first-order valence-electron chi connectivity index (χ1n) is 17.0. The second-order valence-corrected chi connectivity index (χ2v) is 13.0. The molecule has 1 fully saturated rings. The second-order valence-electron chi connectivity index (χ2n) is 11.9. The maximum absolute atomic E-state index is 12.8. The van der Waals surface area contributed by atoms with Crippen molar-refractivity contribution < 1.29 is 57.0 Å². The molecule has 47 heavy (non-hydrogen) atoms. The lowest BCUT2D eigenvalue weighted by atomic mass is 9.99. The fourth-order valence-electron chi connectivity index (χ4n) is 4.96. The number of nitrogens with one attached hydrogen (secondary N) is 1. The Morgan fingerprint density at radius 2 is 1.47 bits per heavy atom. The third-order valence-electron chi connectivity index (χ3n) is 7.80. The Kier molecular flexibility index (Phi) is 23.3. The number of hydrogen-bond acceptors (Lipinski definition) is 11. The van der Waals surface area contributed by atoms with Gasteiger partial charge in [0.15, 0.2) is 6.29 Å². The third kappa shape index (κ3) is 19.2. The van der Waals surface area contributed by atoms with E-state index in [1.807, 2.05) is 6.92 Å². The van der Waals surface area contributed by atoms with Crippen molar-refractivity contribution in [3.63, 3.8) is 0 Å². The van der Waals surface area contributed by atoms with Crippen LogP contribution in [0.3, 0.4) is 0 Å². The zero-order valence-corrected chi connectivity index (χ0v) is 28.8. The van der Waals surface area contributed by atoms with Gasteiger partial charge in [0, 0.05) is 0 Å². The fraction of sp³-hybridized carbons (Fsp3) is 0.788. The van der Waals surface area contributed by atoms with E-state index in [4.69, 9.17) is 14.0 Å². The monoisotopic (exact) mass is 693 g/mol. The zero-order chi connectivity index (χ0) is 35.1. The van der Waals surface area contributed by atoms with Gasteiger partial charge < -0.3 is 40.3 Å². The molecule has 0 spiro atoms. The summed E-state index contributed by atoms with van der Waals surface area (Å²) < 4.78 is 46.8. The standard InChI is InChI=1S/C33H59NO12S/c1-3-5-7-9-10-11-12-13-14-15-16-17-18-20-22-27(37)32(40)34-25(26(36)21-19-8-6-4-2)24-44-33-30(39)31(46-47(41,42)43)29(38)28(23-35)45-33/h10-13,19,21,25-31,33,35-39H,3-9,14-18,20,22-24H2,1-2H3,(H,34,40)(H,41,42,43)/b11-10-,13-12-,21-19+.